The fourth-order valence-corrected chi connectivity index (χ4v) is 4.59. The van der Waals surface area contributed by atoms with Crippen LogP contribution in [0.2, 0.25) is 0 Å². The number of phenols is 1. The van der Waals surface area contributed by atoms with E-state index in [-0.39, 0.29) is 23.5 Å². The van der Waals surface area contributed by atoms with E-state index in [1.165, 1.54) is 17.0 Å². The van der Waals surface area contributed by atoms with E-state index in [4.69, 9.17) is 0 Å². The lowest BCUT2D eigenvalue weighted by molar-refractivity contribution is 0.167. The molecule has 4 atom stereocenters. The molecule has 5 rings (SSSR count). The molecule has 0 amide bonds. The van der Waals surface area contributed by atoms with Gasteiger partial charge in [0.05, 0.1) is 11.4 Å². The molecule has 4 heterocycles. The normalized spacial score (nSPS) is 24.4. The van der Waals surface area contributed by atoms with Gasteiger partial charge >= 0.3 is 5.69 Å². The van der Waals surface area contributed by atoms with Crippen molar-refractivity contribution >= 4 is 5.57 Å². The van der Waals surface area contributed by atoms with Crippen LogP contribution in [-0.4, -0.2) is 48.1 Å². The SMILES string of the molecule is C=C(c1ccc(-c2ccc(-c3ncn(C)c(=O)n3)cc2O)nn1)[C@@H]1C[C@H]2CC[C@H](N2)C1F. The van der Waals surface area contributed by atoms with Crippen molar-refractivity contribution in [3.8, 4) is 28.4 Å². The molecule has 1 unspecified atom stereocenters. The third-order valence-corrected chi connectivity index (χ3v) is 6.41. The standard InChI is InChI=1S/C23H23FN6O2/c1-12(16-10-14-4-6-19(26-14)21(16)24)17-7-8-18(29-28-17)15-5-3-13(9-20(15)31)22-25-11-30(2)23(32)27-22/h3,5,7-9,11,14,16,19,21,26,31H,1,4,6,10H2,2H3/t14-,16+,19+,21?/m1/s1. The molecule has 9 heteroatoms. The maximum atomic E-state index is 14.9. The van der Waals surface area contributed by atoms with Crippen LogP contribution in [0.1, 0.15) is 25.0 Å². The Hall–Kier alpha value is -3.46. The largest absolute Gasteiger partial charge is 0.507 e. The molecular weight excluding hydrogens is 411 g/mol. The monoisotopic (exact) mass is 434 g/mol. The maximum Gasteiger partial charge on any atom is 0.350 e. The quantitative estimate of drug-likeness (QED) is 0.650. The van der Waals surface area contributed by atoms with Gasteiger partial charge in [0.25, 0.3) is 0 Å². The van der Waals surface area contributed by atoms with Crippen LogP contribution in [0.5, 0.6) is 5.75 Å². The van der Waals surface area contributed by atoms with Gasteiger partial charge in [0, 0.05) is 36.2 Å². The van der Waals surface area contributed by atoms with E-state index < -0.39 is 11.9 Å². The van der Waals surface area contributed by atoms with E-state index in [9.17, 15) is 14.3 Å². The zero-order valence-electron chi connectivity index (χ0n) is 17.6. The molecule has 8 nitrogen and oxygen atoms in total. The summed E-state index contributed by atoms with van der Waals surface area (Å²) >= 11 is 0. The summed E-state index contributed by atoms with van der Waals surface area (Å²) in [7, 11) is 1.56. The Morgan fingerprint density at radius 3 is 2.81 bits per heavy atom. The number of piperidine rings is 1. The number of alkyl halides is 1. The fourth-order valence-electron chi connectivity index (χ4n) is 4.59. The number of aromatic nitrogens is 5. The second kappa shape index (κ2) is 7.90. The van der Waals surface area contributed by atoms with Crippen LogP contribution in [0.15, 0.2) is 48.0 Å². The molecule has 0 radical (unpaired) electrons. The van der Waals surface area contributed by atoms with Crippen molar-refractivity contribution in [2.45, 2.75) is 37.5 Å². The van der Waals surface area contributed by atoms with Crippen LogP contribution < -0.4 is 11.0 Å². The first-order chi connectivity index (χ1) is 15.4. The van der Waals surface area contributed by atoms with Gasteiger partial charge in [-0.15, -0.1) is 5.10 Å². The number of nitrogens with one attached hydrogen (secondary N) is 1. The van der Waals surface area contributed by atoms with Gasteiger partial charge in [-0.3, -0.25) is 4.57 Å². The molecule has 0 spiro atoms. The van der Waals surface area contributed by atoms with Crippen molar-refractivity contribution in [2.24, 2.45) is 13.0 Å². The second-order valence-corrected chi connectivity index (χ2v) is 8.47. The number of nitrogens with zero attached hydrogens (tertiary/aromatic N) is 5. The van der Waals surface area contributed by atoms with E-state index >= 15 is 0 Å². The fraction of sp³-hybridized carbons (Fsp3) is 0.348. The highest BCUT2D eigenvalue weighted by Crippen LogP contribution is 2.39. The van der Waals surface area contributed by atoms with Crippen molar-refractivity contribution in [3.05, 3.63) is 59.4 Å². The van der Waals surface area contributed by atoms with Crippen LogP contribution in [0.4, 0.5) is 4.39 Å². The molecule has 32 heavy (non-hydrogen) atoms. The number of fused-ring (bicyclic) bond motifs is 2. The smallest absolute Gasteiger partial charge is 0.350 e. The summed E-state index contributed by atoms with van der Waals surface area (Å²) in [5.74, 6) is -0.0732. The second-order valence-electron chi connectivity index (χ2n) is 8.47. The van der Waals surface area contributed by atoms with Gasteiger partial charge in [-0.1, -0.05) is 12.6 Å². The maximum absolute atomic E-state index is 14.9. The van der Waals surface area contributed by atoms with Crippen LogP contribution in [0.3, 0.4) is 0 Å². The number of aryl methyl sites for hydroxylation is 1. The zero-order chi connectivity index (χ0) is 22.4. The van der Waals surface area contributed by atoms with Crippen LogP contribution in [-0.2, 0) is 7.05 Å². The number of hydrogen-bond donors (Lipinski definition) is 2. The first-order valence-corrected chi connectivity index (χ1v) is 10.6. The summed E-state index contributed by atoms with van der Waals surface area (Å²) in [4.78, 5) is 19.8. The predicted molar refractivity (Wildman–Crippen MR) is 117 cm³/mol. The van der Waals surface area contributed by atoms with Crippen molar-refractivity contribution in [3.63, 3.8) is 0 Å². The molecule has 0 aliphatic carbocycles. The molecule has 3 aromatic rings. The molecule has 2 aliphatic heterocycles. The van der Waals surface area contributed by atoms with E-state index in [0.717, 1.165) is 12.8 Å². The number of benzene rings is 1. The lowest BCUT2D eigenvalue weighted by Gasteiger charge is -2.33. The molecule has 2 bridgehead atoms. The van der Waals surface area contributed by atoms with Crippen molar-refractivity contribution in [2.75, 3.05) is 0 Å². The lowest BCUT2D eigenvalue weighted by atomic mass is 9.83. The topological polar surface area (TPSA) is 106 Å². The summed E-state index contributed by atoms with van der Waals surface area (Å²) in [6.45, 7) is 4.11. The van der Waals surface area contributed by atoms with Gasteiger partial charge < -0.3 is 10.4 Å². The molecule has 1 aromatic carbocycles. The number of aromatic hydroxyl groups is 1. The summed E-state index contributed by atoms with van der Waals surface area (Å²) in [6, 6.07) is 8.59. The highest BCUT2D eigenvalue weighted by molar-refractivity contribution is 5.72. The van der Waals surface area contributed by atoms with Crippen molar-refractivity contribution < 1.29 is 9.50 Å². The summed E-state index contributed by atoms with van der Waals surface area (Å²) in [5, 5.41) is 22.4. The van der Waals surface area contributed by atoms with E-state index in [1.54, 1.807) is 31.3 Å². The minimum atomic E-state index is -0.976. The zero-order valence-corrected chi connectivity index (χ0v) is 17.6. The number of rotatable bonds is 4. The third kappa shape index (κ3) is 3.58. The molecule has 0 saturated carbocycles. The highest BCUT2D eigenvalue weighted by Gasteiger charge is 2.43. The van der Waals surface area contributed by atoms with Crippen molar-refractivity contribution in [1.29, 1.82) is 0 Å². The molecule has 2 fully saturated rings. The Bertz CT molecular complexity index is 1240. The average molecular weight is 434 g/mol. The van der Waals surface area contributed by atoms with Gasteiger partial charge in [-0.05, 0) is 49.1 Å². The minimum Gasteiger partial charge on any atom is -0.507 e. The Kier molecular flexibility index (Phi) is 5.05. The summed E-state index contributed by atoms with van der Waals surface area (Å²) < 4.78 is 16.1. The van der Waals surface area contributed by atoms with Gasteiger partial charge in [-0.2, -0.15) is 10.1 Å². The predicted octanol–water partition coefficient (Wildman–Crippen LogP) is 2.50. The Labute approximate surface area is 183 Å². The van der Waals surface area contributed by atoms with Gasteiger partial charge in [0.15, 0.2) is 5.82 Å². The van der Waals surface area contributed by atoms with E-state index in [0.29, 0.717) is 40.6 Å². The first kappa shape index (κ1) is 20.4. The number of phenolic OH excluding ortho intramolecular Hbond substituents is 1. The van der Waals surface area contributed by atoms with Crippen LogP contribution >= 0.6 is 0 Å². The first-order valence-electron chi connectivity index (χ1n) is 10.6. The van der Waals surface area contributed by atoms with Crippen LogP contribution in [0, 0.1) is 5.92 Å². The molecule has 164 valence electrons. The minimum absolute atomic E-state index is 0.0357. The summed E-state index contributed by atoms with van der Waals surface area (Å²) in [6.07, 6.45) is 2.97. The molecule has 2 N–H and O–H groups in total. The van der Waals surface area contributed by atoms with Gasteiger partial charge in [0.2, 0.25) is 0 Å². The molecule has 2 saturated heterocycles. The summed E-state index contributed by atoms with van der Waals surface area (Å²) in [5.41, 5.74) is 2.25. The Morgan fingerprint density at radius 2 is 2.09 bits per heavy atom. The molecular formula is C23H23FN6O2. The number of allylic oxidation sites excluding steroid dienone is 1. The van der Waals surface area contributed by atoms with E-state index in [2.05, 4.69) is 32.1 Å². The lowest BCUT2D eigenvalue weighted by Crippen LogP contribution is -2.47. The number of halogens is 1. The Morgan fingerprint density at radius 1 is 1.25 bits per heavy atom. The van der Waals surface area contributed by atoms with E-state index in [1.807, 2.05) is 0 Å². The molecule has 2 aliphatic rings. The Balaban J connectivity index is 1.37. The van der Waals surface area contributed by atoms with Crippen molar-refractivity contribution in [1.82, 2.24) is 30.0 Å². The van der Waals surface area contributed by atoms with Gasteiger partial charge in [0.1, 0.15) is 18.2 Å². The molecule has 2 aromatic heterocycles. The third-order valence-electron chi connectivity index (χ3n) is 6.41. The number of hydrogen-bond acceptors (Lipinski definition) is 7. The average Bonchev–Trinajstić information content (AvgIpc) is 3.21. The van der Waals surface area contributed by atoms with Crippen LogP contribution in [0.25, 0.3) is 28.2 Å². The highest BCUT2D eigenvalue weighted by atomic mass is 19.1. The van der Waals surface area contributed by atoms with Gasteiger partial charge in [-0.25, -0.2) is 14.2 Å².